The second-order valence-corrected chi connectivity index (χ2v) is 3.02. The Hall–Kier alpha value is -1.35. The molecular weight excluding hydrogens is 178 g/mol. The van der Waals surface area contributed by atoms with E-state index in [1.54, 1.807) is 4.90 Å². The maximum Gasteiger partial charge on any atom is 0.323 e. The fraction of sp³-hybridized carbons (Fsp3) is 0.273. The quantitative estimate of drug-likeness (QED) is 0.772. The Morgan fingerprint density at radius 1 is 1.43 bits per heavy atom. The third kappa shape index (κ3) is 3.58. The average molecular weight is 192 g/mol. The third-order valence-electron chi connectivity index (χ3n) is 1.93. The van der Waals surface area contributed by atoms with Gasteiger partial charge < -0.3 is 5.11 Å². The first-order valence-electron chi connectivity index (χ1n) is 4.58. The van der Waals surface area contributed by atoms with Gasteiger partial charge in [0.1, 0.15) is 6.54 Å². The van der Waals surface area contributed by atoms with Gasteiger partial charge in [0.25, 0.3) is 0 Å². The number of rotatable bonds is 5. The van der Waals surface area contributed by atoms with Crippen molar-refractivity contribution < 1.29 is 9.90 Å². The van der Waals surface area contributed by atoms with Gasteiger partial charge in [-0.2, -0.15) is 0 Å². The Morgan fingerprint density at radius 2 is 2.07 bits per heavy atom. The van der Waals surface area contributed by atoms with Crippen LogP contribution in [-0.4, -0.2) is 22.5 Å². The van der Waals surface area contributed by atoms with Crippen molar-refractivity contribution in [2.75, 3.05) is 6.54 Å². The minimum Gasteiger partial charge on any atom is -0.480 e. The highest BCUT2D eigenvalue weighted by atomic mass is 16.4. The number of aliphatic carboxylic acids is 1. The molecule has 0 heterocycles. The monoisotopic (exact) mass is 192 g/mol. The van der Waals surface area contributed by atoms with Crippen molar-refractivity contribution in [3.05, 3.63) is 42.4 Å². The molecule has 0 saturated carbocycles. The van der Waals surface area contributed by atoms with Gasteiger partial charge in [0, 0.05) is 6.54 Å². The minimum absolute atomic E-state index is 0.642. The molecular formula is C11H14NO2. The predicted octanol–water partition coefficient (Wildman–Crippen LogP) is 1.75. The summed E-state index contributed by atoms with van der Waals surface area (Å²) in [5.74, 6) is -0.900. The molecule has 1 N–H and O–H groups in total. The zero-order chi connectivity index (χ0) is 10.4. The fourth-order valence-electron chi connectivity index (χ4n) is 1.22. The summed E-state index contributed by atoms with van der Waals surface area (Å²) in [5.41, 5.74) is 1.12. The van der Waals surface area contributed by atoms with Gasteiger partial charge >= 0.3 is 5.97 Å². The minimum atomic E-state index is -0.900. The molecule has 0 aliphatic carbocycles. The number of hydrogen-bond donors (Lipinski definition) is 1. The van der Waals surface area contributed by atoms with Crippen LogP contribution in [0, 0.1) is 6.54 Å². The lowest BCUT2D eigenvalue weighted by atomic mass is 10.2. The van der Waals surface area contributed by atoms with E-state index in [2.05, 4.69) is 0 Å². The normalized spacial score (nSPS) is 10.4. The Kier molecular flexibility index (Phi) is 4.13. The van der Waals surface area contributed by atoms with Crippen LogP contribution in [-0.2, 0) is 11.3 Å². The topological polar surface area (TPSA) is 40.5 Å². The Balaban J connectivity index is 2.53. The second kappa shape index (κ2) is 5.40. The number of hydrogen-bond acceptors (Lipinski definition) is 2. The van der Waals surface area contributed by atoms with Gasteiger partial charge in [0.2, 0.25) is 0 Å². The van der Waals surface area contributed by atoms with Crippen molar-refractivity contribution in [2.24, 2.45) is 0 Å². The first kappa shape index (κ1) is 10.7. The number of benzene rings is 1. The summed E-state index contributed by atoms with van der Waals surface area (Å²) >= 11 is 0. The molecule has 0 amide bonds. The van der Waals surface area contributed by atoms with Gasteiger partial charge in [-0.05, 0) is 12.1 Å². The van der Waals surface area contributed by atoms with E-state index in [9.17, 15) is 4.79 Å². The Bertz CT molecular complexity index is 285. The molecule has 0 spiro atoms. The van der Waals surface area contributed by atoms with Crippen molar-refractivity contribution in [2.45, 2.75) is 13.5 Å². The van der Waals surface area contributed by atoms with Crippen LogP contribution in [0.5, 0.6) is 0 Å². The van der Waals surface area contributed by atoms with Gasteiger partial charge in [-0.3, -0.25) is 9.69 Å². The molecule has 3 nitrogen and oxygen atoms in total. The average Bonchev–Trinajstić information content (AvgIpc) is 2.17. The van der Waals surface area contributed by atoms with Crippen LogP contribution in [0.4, 0.5) is 0 Å². The van der Waals surface area contributed by atoms with Gasteiger partial charge in [-0.1, -0.05) is 37.3 Å². The van der Waals surface area contributed by atoms with Crippen molar-refractivity contribution in [1.29, 1.82) is 0 Å². The molecule has 0 aliphatic heterocycles. The summed E-state index contributed by atoms with van der Waals surface area (Å²) in [4.78, 5) is 12.2. The van der Waals surface area contributed by atoms with Crippen LogP contribution in [0.3, 0.4) is 0 Å². The predicted molar refractivity (Wildman–Crippen MR) is 54.5 cm³/mol. The number of carboxylic acid groups (broad SMARTS) is 1. The van der Waals surface area contributed by atoms with E-state index in [0.717, 1.165) is 5.56 Å². The molecule has 0 bridgehead atoms. The smallest absolute Gasteiger partial charge is 0.323 e. The lowest BCUT2D eigenvalue weighted by molar-refractivity contribution is -0.135. The van der Waals surface area contributed by atoms with E-state index in [-0.39, 0.29) is 0 Å². The number of nitrogens with zero attached hydrogens (tertiary/aromatic N) is 1. The van der Waals surface area contributed by atoms with Crippen molar-refractivity contribution >= 4 is 5.97 Å². The molecule has 14 heavy (non-hydrogen) atoms. The van der Waals surface area contributed by atoms with Gasteiger partial charge in [0.05, 0.1) is 0 Å². The van der Waals surface area contributed by atoms with E-state index in [1.807, 2.05) is 37.3 Å². The van der Waals surface area contributed by atoms with Crippen LogP contribution in [0.1, 0.15) is 12.5 Å². The van der Waals surface area contributed by atoms with Crippen LogP contribution in [0.15, 0.2) is 30.3 Å². The first-order chi connectivity index (χ1) is 6.72. The molecule has 0 aliphatic rings. The van der Waals surface area contributed by atoms with Crippen LogP contribution in [0.2, 0.25) is 0 Å². The maximum absolute atomic E-state index is 10.5. The van der Waals surface area contributed by atoms with E-state index in [0.29, 0.717) is 13.1 Å². The summed E-state index contributed by atoms with van der Waals surface area (Å²) < 4.78 is 0. The van der Waals surface area contributed by atoms with E-state index < -0.39 is 5.97 Å². The molecule has 0 fully saturated rings. The molecule has 0 aromatic heterocycles. The fourth-order valence-corrected chi connectivity index (χ4v) is 1.22. The summed E-state index contributed by atoms with van der Waals surface area (Å²) in [5, 5.41) is 8.60. The molecule has 1 rings (SSSR count). The molecule has 75 valence electrons. The second-order valence-electron chi connectivity index (χ2n) is 3.02. The van der Waals surface area contributed by atoms with E-state index in [4.69, 9.17) is 5.11 Å². The molecule has 0 atom stereocenters. The lowest BCUT2D eigenvalue weighted by Gasteiger charge is -2.16. The molecule has 3 heteroatoms. The highest BCUT2D eigenvalue weighted by Gasteiger charge is 2.08. The summed E-state index contributed by atoms with van der Waals surface area (Å²) in [6.45, 7) is 4.49. The first-order valence-corrected chi connectivity index (χ1v) is 4.58. The van der Waals surface area contributed by atoms with Crippen LogP contribution >= 0.6 is 0 Å². The summed E-state index contributed by atoms with van der Waals surface area (Å²) in [6, 6.07) is 9.81. The highest BCUT2D eigenvalue weighted by molar-refractivity contribution is 5.75. The van der Waals surface area contributed by atoms with Gasteiger partial charge in [-0.15, -0.1) is 0 Å². The van der Waals surface area contributed by atoms with Crippen molar-refractivity contribution in [1.82, 2.24) is 4.90 Å². The molecule has 1 aromatic rings. The number of likely N-dealkylation sites (N-methyl/N-ethyl adjacent to an activating group) is 1. The molecule has 1 aromatic carbocycles. The van der Waals surface area contributed by atoms with Gasteiger partial charge in [-0.25, -0.2) is 0 Å². The Labute approximate surface area is 84.0 Å². The summed E-state index contributed by atoms with van der Waals surface area (Å²) in [7, 11) is 0. The largest absolute Gasteiger partial charge is 0.480 e. The summed E-state index contributed by atoms with van der Waals surface area (Å²) in [6.07, 6.45) is 0. The highest BCUT2D eigenvalue weighted by Crippen LogP contribution is 2.05. The number of carboxylic acids is 1. The zero-order valence-electron chi connectivity index (χ0n) is 8.18. The standard InChI is InChI=1S/C11H14NO2/c1-2-12(9-11(13)14)8-10-6-4-3-5-7-10/h3-7,9H,2,8H2,1H3,(H,13,14). The Morgan fingerprint density at radius 3 is 2.57 bits per heavy atom. The van der Waals surface area contributed by atoms with Crippen LogP contribution in [0.25, 0.3) is 0 Å². The number of carbonyl (C=O) groups is 1. The molecule has 0 unspecified atom stereocenters. The maximum atomic E-state index is 10.5. The van der Waals surface area contributed by atoms with Crippen molar-refractivity contribution in [3.63, 3.8) is 0 Å². The lowest BCUT2D eigenvalue weighted by Crippen LogP contribution is -2.23. The van der Waals surface area contributed by atoms with Gasteiger partial charge in [0.15, 0.2) is 0 Å². The molecule has 0 saturated heterocycles. The zero-order valence-corrected chi connectivity index (χ0v) is 8.18. The van der Waals surface area contributed by atoms with E-state index >= 15 is 0 Å². The van der Waals surface area contributed by atoms with Crippen molar-refractivity contribution in [3.8, 4) is 0 Å². The van der Waals surface area contributed by atoms with Crippen LogP contribution < -0.4 is 0 Å². The SMILES string of the molecule is CCN([CH]C(=O)O)Cc1ccccc1. The van der Waals surface area contributed by atoms with E-state index in [1.165, 1.54) is 6.54 Å². The molecule has 1 radical (unpaired) electrons. The third-order valence-corrected chi connectivity index (χ3v) is 1.93.